The van der Waals surface area contributed by atoms with E-state index in [1.165, 1.54) is 0 Å². The van der Waals surface area contributed by atoms with Crippen molar-refractivity contribution in [3.05, 3.63) is 30.4 Å². The standard InChI is InChI=1S/C12H16N6O/c19-12(4-8-17-9-6-14-16-17)18-7-1-2-11(18)10-3-5-13-15-10/h3,5-6,9,11H,1-2,4,7-8H2,(H,13,15). The van der Waals surface area contributed by atoms with Crippen molar-refractivity contribution in [2.75, 3.05) is 6.54 Å². The highest BCUT2D eigenvalue weighted by Crippen LogP contribution is 2.30. The van der Waals surface area contributed by atoms with Gasteiger partial charge >= 0.3 is 0 Å². The van der Waals surface area contributed by atoms with Crippen LogP contribution in [0.1, 0.15) is 31.0 Å². The molecule has 2 aromatic heterocycles. The van der Waals surface area contributed by atoms with Crippen molar-refractivity contribution >= 4 is 5.91 Å². The first-order valence-electron chi connectivity index (χ1n) is 6.47. The predicted octanol–water partition coefficient (Wildman–Crippen LogP) is 0.755. The van der Waals surface area contributed by atoms with Gasteiger partial charge in [0.25, 0.3) is 0 Å². The van der Waals surface area contributed by atoms with Crippen LogP contribution in [0.3, 0.4) is 0 Å². The van der Waals surface area contributed by atoms with Gasteiger partial charge in [-0.1, -0.05) is 5.21 Å². The van der Waals surface area contributed by atoms with Crippen molar-refractivity contribution in [3.63, 3.8) is 0 Å². The third-order valence-corrected chi connectivity index (χ3v) is 3.48. The molecule has 3 heterocycles. The Kier molecular flexibility index (Phi) is 3.26. The van der Waals surface area contributed by atoms with Crippen LogP contribution in [0, 0.1) is 0 Å². The highest BCUT2D eigenvalue weighted by Gasteiger charge is 2.30. The molecule has 1 fully saturated rings. The van der Waals surface area contributed by atoms with E-state index in [2.05, 4.69) is 20.5 Å². The fourth-order valence-corrected chi connectivity index (χ4v) is 2.55. The summed E-state index contributed by atoms with van der Waals surface area (Å²) in [5, 5.41) is 14.5. The molecule has 19 heavy (non-hydrogen) atoms. The molecule has 7 heteroatoms. The van der Waals surface area contributed by atoms with E-state index < -0.39 is 0 Å². The lowest BCUT2D eigenvalue weighted by atomic mass is 10.1. The third kappa shape index (κ3) is 2.49. The largest absolute Gasteiger partial charge is 0.334 e. The van der Waals surface area contributed by atoms with Gasteiger partial charge in [0.1, 0.15) is 0 Å². The maximum absolute atomic E-state index is 12.3. The molecule has 7 nitrogen and oxygen atoms in total. The van der Waals surface area contributed by atoms with Crippen molar-refractivity contribution in [1.82, 2.24) is 30.1 Å². The monoisotopic (exact) mass is 260 g/mol. The van der Waals surface area contributed by atoms with Gasteiger partial charge in [-0.15, -0.1) is 5.10 Å². The van der Waals surface area contributed by atoms with E-state index >= 15 is 0 Å². The number of aryl methyl sites for hydroxylation is 1. The van der Waals surface area contributed by atoms with Crippen LogP contribution in [0.4, 0.5) is 0 Å². The molecule has 0 saturated carbocycles. The van der Waals surface area contributed by atoms with Crippen LogP contribution in [0.25, 0.3) is 0 Å². The summed E-state index contributed by atoms with van der Waals surface area (Å²) >= 11 is 0. The maximum Gasteiger partial charge on any atom is 0.225 e. The summed E-state index contributed by atoms with van der Waals surface area (Å²) < 4.78 is 1.68. The Morgan fingerprint density at radius 3 is 3.16 bits per heavy atom. The smallest absolute Gasteiger partial charge is 0.225 e. The number of carbonyl (C=O) groups excluding carboxylic acids is 1. The van der Waals surface area contributed by atoms with Crippen LogP contribution in [0.15, 0.2) is 24.7 Å². The molecular weight excluding hydrogens is 244 g/mol. The number of H-pyrrole nitrogens is 1. The van der Waals surface area contributed by atoms with Crippen LogP contribution in [-0.2, 0) is 11.3 Å². The summed E-state index contributed by atoms with van der Waals surface area (Å²) in [4.78, 5) is 14.2. The molecular formula is C12H16N6O. The average molecular weight is 260 g/mol. The first-order valence-corrected chi connectivity index (χ1v) is 6.47. The summed E-state index contributed by atoms with van der Waals surface area (Å²) in [6.07, 6.45) is 7.60. The number of likely N-dealkylation sites (tertiary alicyclic amines) is 1. The van der Waals surface area contributed by atoms with Crippen LogP contribution >= 0.6 is 0 Å². The van der Waals surface area contributed by atoms with Gasteiger partial charge in [0.15, 0.2) is 0 Å². The van der Waals surface area contributed by atoms with Gasteiger partial charge in [0.05, 0.1) is 24.5 Å². The fraction of sp³-hybridized carbons (Fsp3) is 0.500. The SMILES string of the molecule is O=C(CCn1ccnn1)N1CCCC1c1ccn[nH]1. The molecule has 0 aliphatic carbocycles. The molecule has 2 aromatic rings. The van der Waals surface area contributed by atoms with Crippen molar-refractivity contribution in [2.45, 2.75) is 31.8 Å². The lowest BCUT2D eigenvalue weighted by Crippen LogP contribution is -2.31. The van der Waals surface area contributed by atoms with Crippen LogP contribution in [-0.4, -0.2) is 42.5 Å². The zero-order valence-electron chi connectivity index (χ0n) is 10.6. The lowest BCUT2D eigenvalue weighted by molar-refractivity contribution is -0.132. The molecule has 0 radical (unpaired) electrons. The van der Waals surface area contributed by atoms with E-state index in [-0.39, 0.29) is 11.9 Å². The van der Waals surface area contributed by atoms with Gasteiger partial charge in [-0.3, -0.25) is 14.6 Å². The maximum atomic E-state index is 12.3. The van der Waals surface area contributed by atoms with E-state index in [4.69, 9.17) is 0 Å². The normalized spacial score (nSPS) is 18.9. The van der Waals surface area contributed by atoms with E-state index in [0.29, 0.717) is 13.0 Å². The summed E-state index contributed by atoms with van der Waals surface area (Å²) in [5.74, 6) is 0.160. The van der Waals surface area contributed by atoms with Crippen molar-refractivity contribution < 1.29 is 4.79 Å². The van der Waals surface area contributed by atoms with Gasteiger partial charge in [0, 0.05) is 25.4 Å². The number of nitrogens with zero attached hydrogens (tertiary/aromatic N) is 5. The van der Waals surface area contributed by atoms with Gasteiger partial charge in [-0.25, -0.2) is 0 Å². The van der Waals surface area contributed by atoms with E-state index in [1.807, 2.05) is 11.0 Å². The number of nitrogens with one attached hydrogen (secondary N) is 1. The predicted molar refractivity (Wildman–Crippen MR) is 66.9 cm³/mol. The second-order valence-corrected chi connectivity index (χ2v) is 4.67. The summed E-state index contributed by atoms with van der Waals surface area (Å²) in [6, 6.07) is 2.08. The molecule has 0 spiro atoms. The minimum atomic E-state index is 0.144. The number of amides is 1. The second-order valence-electron chi connectivity index (χ2n) is 4.67. The highest BCUT2D eigenvalue weighted by molar-refractivity contribution is 5.76. The number of hydrogen-bond donors (Lipinski definition) is 1. The fourth-order valence-electron chi connectivity index (χ4n) is 2.55. The summed E-state index contributed by atoms with van der Waals surface area (Å²) in [7, 11) is 0. The zero-order valence-corrected chi connectivity index (χ0v) is 10.6. The Morgan fingerprint density at radius 1 is 1.47 bits per heavy atom. The van der Waals surface area contributed by atoms with Gasteiger partial charge < -0.3 is 4.90 Å². The van der Waals surface area contributed by atoms with E-state index in [0.717, 1.165) is 25.1 Å². The van der Waals surface area contributed by atoms with Crippen molar-refractivity contribution in [1.29, 1.82) is 0 Å². The molecule has 1 aliphatic rings. The van der Waals surface area contributed by atoms with Crippen molar-refractivity contribution in [2.24, 2.45) is 0 Å². The number of carbonyl (C=O) groups is 1. The Hall–Kier alpha value is -2.18. The van der Waals surface area contributed by atoms with E-state index in [9.17, 15) is 4.79 Å². The first kappa shape index (κ1) is 11.9. The molecule has 1 unspecified atom stereocenters. The van der Waals surface area contributed by atoms with Crippen LogP contribution in [0.5, 0.6) is 0 Å². The van der Waals surface area contributed by atoms with Gasteiger partial charge in [-0.05, 0) is 18.9 Å². The average Bonchev–Trinajstić information content (AvgIpc) is 3.14. The van der Waals surface area contributed by atoms with Gasteiger partial charge in [-0.2, -0.15) is 5.10 Å². The Morgan fingerprint density at radius 2 is 2.42 bits per heavy atom. The van der Waals surface area contributed by atoms with E-state index in [1.54, 1.807) is 23.3 Å². The molecule has 3 rings (SSSR count). The minimum Gasteiger partial charge on any atom is -0.334 e. The molecule has 1 atom stereocenters. The van der Waals surface area contributed by atoms with Crippen molar-refractivity contribution in [3.8, 4) is 0 Å². The molecule has 1 amide bonds. The molecule has 1 aliphatic heterocycles. The van der Waals surface area contributed by atoms with Crippen LogP contribution < -0.4 is 0 Å². The van der Waals surface area contributed by atoms with Gasteiger partial charge in [0.2, 0.25) is 5.91 Å². The summed E-state index contributed by atoms with van der Waals surface area (Å²) in [5.41, 5.74) is 1.02. The quantitative estimate of drug-likeness (QED) is 0.880. The Labute approximate surface area is 110 Å². The first-order chi connectivity index (χ1) is 9.34. The molecule has 1 N–H and O–H groups in total. The second kappa shape index (κ2) is 5.21. The molecule has 0 aromatic carbocycles. The molecule has 100 valence electrons. The van der Waals surface area contributed by atoms with Crippen LogP contribution in [0.2, 0.25) is 0 Å². The summed E-state index contributed by atoms with van der Waals surface area (Å²) in [6.45, 7) is 1.39. The number of rotatable bonds is 4. The number of aromatic nitrogens is 5. The Bertz CT molecular complexity index is 520. The zero-order chi connectivity index (χ0) is 13.1. The Balaban J connectivity index is 1.62. The number of hydrogen-bond acceptors (Lipinski definition) is 4. The third-order valence-electron chi connectivity index (χ3n) is 3.48. The minimum absolute atomic E-state index is 0.144. The molecule has 1 saturated heterocycles. The number of aromatic amines is 1. The highest BCUT2D eigenvalue weighted by atomic mass is 16.2. The lowest BCUT2D eigenvalue weighted by Gasteiger charge is -2.23. The molecule has 0 bridgehead atoms. The topological polar surface area (TPSA) is 79.7 Å².